The molecule has 0 bridgehead atoms. The Morgan fingerprint density at radius 2 is 1.72 bits per heavy atom. The molecule has 2 aromatic rings. The lowest BCUT2D eigenvalue weighted by Crippen LogP contribution is -1.99. The quantitative estimate of drug-likeness (QED) is 0.443. The third-order valence-corrected chi connectivity index (χ3v) is 3.08. The Hall–Kier alpha value is -2.02. The van der Waals surface area contributed by atoms with Crippen LogP contribution in [-0.4, -0.2) is 9.97 Å². The van der Waals surface area contributed by atoms with Crippen molar-refractivity contribution in [1.82, 2.24) is 9.97 Å². The van der Waals surface area contributed by atoms with E-state index in [0.717, 1.165) is 0 Å². The van der Waals surface area contributed by atoms with Crippen LogP contribution in [0.1, 0.15) is 5.56 Å². The van der Waals surface area contributed by atoms with Crippen LogP contribution in [0.4, 0.5) is 21.7 Å². The van der Waals surface area contributed by atoms with E-state index in [-0.39, 0.29) is 5.82 Å². The molecular weight excluding hydrogens is 253 g/mol. The molecule has 0 aliphatic heterocycles. The van der Waals surface area contributed by atoms with Crippen LogP contribution < -0.4 is 17.2 Å². The molecule has 0 unspecified atom stereocenters. The van der Waals surface area contributed by atoms with Crippen LogP contribution in [0.5, 0.6) is 0 Å². The fourth-order valence-electron chi connectivity index (χ4n) is 1.35. The molecule has 0 aliphatic rings. The summed E-state index contributed by atoms with van der Waals surface area (Å²) in [6.07, 6.45) is 0. The van der Waals surface area contributed by atoms with Crippen molar-refractivity contribution in [3.05, 3.63) is 35.6 Å². The van der Waals surface area contributed by atoms with Crippen LogP contribution in [0, 0.1) is 5.82 Å². The maximum atomic E-state index is 13.5. The Bertz CT molecular complexity index is 555. The van der Waals surface area contributed by atoms with Gasteiger partial charge in [-0.1, -0.05) is 17.8 Å². The highest BCUT2D eigenvalue weighted by Crippen LogP contribution is 2.23. The molecule has 0 saturated heterocycles. The van der Waals surface area contributed by atoms with E-state index in [0.29, 0.717) is 33.8 Å². The van der Waals surface area contributed by atoms with Gasteiger partial charge in [0.15, 0.2) is 5.16 Å². The van der Waals surface area contributed by atoms with Crippen LogP contribution in [0.2, 0.25) is 0 Å². The predicted octanol–water partition coefficient (Wildman–Crippen LogP) is 1.65. The Balaban J connectivity index is 2.11. The smallest absolute Gasteiger partial charge is 0.191 e. The van der Waals surface area contributed by atoms with Gasteiger partial charge in [-0.15, -0.1) is 0 Å². The minimum Gasteiger partial charge on any atom is -0.399 e. The van der Waals surface area contributed by atoms with E-state index in [1.165, 1.54) is 23.9 Å². The average molecular weight is 265 g/mol. The number of nitrogens with two attached hydrogens (primary N) is 3. The lowest BCUT2D eigenvalue weighted by molar-refractivity contribution is 0.618. The van der Waals surface area contributed by atoms with E-state index in [9.17, 15) is 4.39 Å². The minimum atomic E-state index is -0.348. The fraction of sp³-hybridized carbons (Fsp3) is 0.0909. The third-order valence-electron chi connectivity index (χ3n) is 2.18. The van der Waals surface area contributed by atoms with Crippen LogP contribution in [-0.2, 0) is 5.75 Å². The second-order valence-corrected chi connectivity index (χ2v) is 4.58. The summed E-state index contributed by atoms with van der Waals surface area (Å²) in [5.41, 5.74) is 17.5. The normalized spacial score (nSPS) is 10.5. The van der Waals surface area contributed by atoms with Crippen molar-refractivity contribution in [2.24, 2.45) is 0 Å². The molecule has 1 aromatic heterocycles. The van der Waals surface area contributed by atoms with Crippen molar-refractivity contribution in [3.63, 3.8) is 0 Å². The molecule has 5 nitrogen and oxygen atoms in total. The van der Waals surface area contributed by atoms with E-state index in [2.05, 4.69) is 9.97 Å². The Morgan fingerprint density at radius 1 is 1.06 bits per heavy atom. The molecule has 1 heterocycles. The van der Waals surface area contributed by atoms with Crippen LogP contribution in [0.3, 0.4) is 0 Å². The molecule has 6 N–H and O–H groups in total. The summed E-state index contributed by atoms with van der Waals surface area (Å²) >= 11 is 1.26. The maximum Gasteiger partial charge on any atom is 0.191 e. The van der Waals surface area contributed by atoms with E-state index in [4.69, 9.17) is 17.2 Å². The van der Waals surface area contributed by atoms with E-state index >= 15 is 0 Å². The Kier molecular flexibility index (Phi) is 3.52. The second-order valence-electron chi connectivity index (χ2n) is 3.64. The minimum absolute atomic E-state index is 0.294. The van der Waals surface area contributed by atoms with Crippen molar-refractivity contribution in [1.29, 1.82) is 0 Å². The van der Waals surface area contributed by atoms with Crippen molar-refractivity contribution in [3.8, 4) is 0 Å². The van der Waals surface area contributed by atoms with Crippen molar-refractivity contribution in [2.45, 2.75) is 10.9 Å². The fourth-order valence-corrected chi connectivity index (χ4v) is 2.21. The molecule has 18 heavy (non-hydrogen) atoms. The monoisotopic (exact) mass is 265 g/mol. The largest absolute Gasteiger partial charge is 0.399 e. The number of rotatable bonds is 3. The standard InChI is InChI=1S/C11H12FN5S/c12-8-3-7(13)2-1-6(8)5-18-11-16-9(14)4-10(15)17-11/h1-4H,5,13H2,(H4,14,15,16,17). The van der Waals surface area contributed by atoms with Gasteiger partial charge in [-0.2, -0.15) is 0 Å². The topological polar surface area (TPSA) is 104 Å². The highest BCUT2D eigenvalue weighted by molar-refractivity contribution is 7.98. The number of aromatic nitrogens is 2. The summed E-state index contributed by atoms with van der Waals surface area (Å²) in [4.78, 5) is 8.00. The molecule has 0 amide bonds. The van der Waals surface area contributed by atoms with Gasteiger partial charge in [0.2, 0.25) is 0 Å². The molecule has 0 saturated carbocycles. The number of anilines is 3. The molecule has 1 aromatic carbocycles. The maximum absolute atomic E-state index is 13.5. The van der Waals surface area contributed by atoms with Gasteiger partial charge >= 0.3 is 0 Å². The van der Waals surface area contributed by atoms with Crippen LogP contribution in [0.15, 0.2) is 29.4 Å². The van der Waals surface area contributed by atoms with Gasteiger partial charge in [-0.05, 0) is 17.7 Å². The number of hydrogen-bond donors (Lipinski definition) is 3. The van der Waals surface area contributed by atoms with Crippen molar-refractivity contribution < 1.29 is 4.39 Å². The molecule has 0 fully saturated rings. The van der Waals surface area contributed by atoms with Gasteiger partial charge in [0.25, 0.3) is 0 Å². The van der Waals surface area contributed by atoms with Gasteiger partial charge in [0.1, 0.15) is 17.5 Å². The summed E-state index contributed by atoms with van der Waals surface area (Å²) in [5, 5.41) is 0.420. The Morgan fingerprint density at radius 3 is 2.33 bits per heavy atom. The summed E-state index contributed by atoms with van der Waals surface area (Å²) in [5.74, 6) is 0.625. The van der Waals surface area contributed by atoms with Gasteiger partial charge < -0.3 is 17.2 Å². The molecule has 2 rings (SSSR count). The molecule has 7 heteroatoms. The second kappa shape index (κ2) is 5.09. The van der Waals surface area contributed by atoms with E-state index in [1.54, 1.807) is 12.1 Å². The Labute approximate surface area is 108 Å². The van der Waals surface area contributed by atoms with Crippen LogP contribution in [0.25, 0.3) is 0 Å². The molecule has 0 aliphatic carbocycles. The highest BCUT2D eigenvalue weighted by Gasteiger charge is 2.06. The zero-order valence-electron chi connectivity index (χ0n) is 9.43. The van der Waals surface area contributed by atoms with Gasteiger partial charge in [-0.3, -0.25) is 0 Å². The van der Waals surface area contributed by atoms with E-state index < -0.39 is 0 Å². The number of nitrogen functional groups attached to an aromatic ring is 3. The van der Waals surface area contributed by atoms with Gasteiger partial charge in [0.05, 0.1) is 0 Å². The summed E-state index contributed by atoms with van der Waals surface area (Å²) in [7, 11) is 0. The third kappa shape index (κ3) is 3.01. The highest BCUT2D eigenvalue weighted by atomic mass is 32.2. The average Bonchev–Trinajstić information content (AvgIpc) is 2.26. The van der Waals surface area contributed by atoms with Gasteiger partial charge in [0, 0.05) is 17.5 Å². The number of benzene rings is 1. The van der Waals surface area contributed by atoms with Crippen molar-refractivity contribution >= 4 is 29.1 Å². The number of halogens is 1. The zero-order chi connectivity index (χ0) is 13.1. The first-order chi connectivity index (χ1) is 8.54. The SMILES string of the molecule is Nc1ccc(CSc2nc(N)cc(N)n2)c(F)c1. The van der Waals surface area contributed by atoms with Crippen molar-refractivity contribution in [2.75, 3.05) is 17.2 Å². The number of nitrogens with zero attached hydrogens (tertiary/aromatic N) is 2. The summed E-state index contributed by atoms with van der Waals surface area (Å²) < 4.78 is 13.5. The molecule has 0 radical (unpaired) electrons. The molecule has 94 valence electrons. The lowest BCUT2D eigenvalue weighted by atomic mass is 10.2. The lowest BCUT2D eigenvalue weighted by Gasteiger charge is -2.04. The number of hydrogen-bond acceptors (Lipinski definition) is 6. The van der Waals surface area contributed by atoms with Crippen LogP contribution >= 0.6 is 11.8 Å². The predicted molar refractivity (Wildman–Crippen MR) is 71.2 cm³/mol. The summed E-state index contributed by atoms with van der Waals surface area (Å²) in [6.45, 7) is 0. The number of thioether (sulfide) groups is 1. The summed E-state index contributed by atoms with van der Waals surface area (Å²) in [6, 6.07) is 6.03. The molecule has 0 spiro atoms. The first-order valence-electron chi connectivity index (χ1n) is 5.11. The first kappa shape index (κ1) is 12.4. The first-order valence-corrected chi connectivity index (χ1v) is 6.10. The molecular formula is C11H12FN5S. The molecule has 0 atom stereocenters. The van der Waals surface area contributed by atoms with Gasteiger partial charge in [-0.25, -0.2) is 14.4 Å². The van der Waals surface area contributed by atoms with E-state index in [1.807, 2.05) is 0 Å². The zero-order valence-corrected chi connectivity index (χ0v) is 10.2.